The minimum absolute atomic E-state index is 0. The number of hydrogen-bond donors (Lipinski definition) is 4. The fourth-order valence-corrected chi connectivity index (χ4v) is 1.34. The molecule has 0 aromatic rings. The van der Waals surface area contributed by atoms with Gasteiger partial charge < -0.3 is 26.6 Å². The highest BCUT2D eigenvalue weighted by atomic mass is 35.5. The summed E-state index contributed by atoms with van der Waals surface area (Å²) >= 11 is 0. The number of nitrogens with one attached hydrogen (secondary N) is 1. The van der Waals surface area contributed by atoms with Gasteiger partial charge in [-0.1, -0.05) is 6.42 Å². The Hall–Kier alpha value is -0.600. The van der Waals surface area contributed by atoms with Crippen LogP contribution >= 0.6 is 24.8 Å². The molecule has 0 radical (unpaired) electrons. The summed E-state index contributed by atoms with van der Waals surface area (Å²) in [7, 11) is 0. The van der Waals surface area contributed by atoms with Crippen molar-refractivity contribution in [2.45, 2.75) is 38.3 Å². The van der Waals surface area contributed by atoms with Crippen molar-refractivity contribution in [3.8, 4) is 0 Å². The van der Waals surface area contributed by atoms with Crippen molar-refractivity contribution in [1.82, 2.24) is 5.32 Å². The molecule has 0 aromatic heterocycles. The van der Waals surface area contributed by atoms with E-state index in [0.717, 1.165) is 12.8 Å². The van der Waals surface area contributed by atoms with E-state index in [9.17, 15) is 9.59 Å². The highest BCUT2D eigenvalue weighted by Crippen LogP contribution is 1.99. The number of unbranched alkanes of at least 4 members (excludes halogenated alkanes) is 1. The Morgan fingerprint density at radius 1 is 1.30 bits per heavy atom. The Labute approximate surface area is 131 Å². The van der Waals surface area contributed by atoms with E-state index in [0.29, 0.717) is 13.0 Å². The van der Waals surface area contributed by atoms with E-state index < -0.39 is 30.6 Å². The van der Waals surface area contributed by atoms with Crippen LogP contribution in [0.25, 0.3) is 0 Å². The first-order chi connectivity index (χ1) is 8.56. The first-order valence-electron chi connectivity index (χ1n) is 6.10. The monoisotopic (exact) mass is 333 g/mol. The average molecular weight is 334 g/mol. The molecule has 0 rings (SSSR count). The highest BCUT2D eigenvalue weighted by molar-refractivity contribution is 5.87. The highest BCUT2D eigenvalue weighted by Gasteiger charge is 2.23. The molecule has 0 aromatic carbocycles. The lowest BCUT2D eigenvalue weighted by molar-refractivity contribution is -0.148. The number of aliphatic hydroxyl groups excluding tert-OH is 1. The first-order valence-corrected chi connectivity index (χ1v) is 6.10. The van der Waals surface area contributed by atoms with Crippen LogP contribution in [-0.4, -0.2) is 48.8 Å². The second-order valence-electron chi connectivity index (χ2n) is 3.89. The molecule has 0 aliphatic rings. The van der Waals surface area contributed by atoms with Crippen molar-refractivity contribution in [3.05, 3.63) is 0 Å². The number of carbonyl (C=O) groups is 2. The summed E-state index contributed by atoms with van der Waals surface area (Å²) in [6.45, 7) is 1.87. The van der Waals surface area contributed by atoms with Gasteiger partial charge in [-0.3, -0.25) is 4.79 Å². The van der Waals surface area contributed by atoms with Crippen molar-refractivity contribution in [3.63, 3.8) is 0 Å². The number of rotatable bonds is 9. The Balaban J connectivity index is -0.00000144. The van der Waals surface area contributed by atoms with Crippen molar-refractivity contribution in [2.75, 3.05) is 19.8 Å². The van der Waals surface area contributed by atoms with Crippen LogP contribution in [-0.2, 0) is 14.3 Å². The fraction of sp³-hybridized carbons (Fsp3) is 0.818. The van der Waals surface area contributed by atoms with E-state index in [1.807, 2.05) is 0 Å². The largest absolute Gasteiger partial charge is 0.464 e. The van der Waals surface area contributed by atoms with Gasteiger partial charge in [0.15, 0.2) is 6.04 Å². The van der Waals surface area contributed by atoms with Crippen LogP contribution in [0.5, 0.6) is 0 Å². The maximum absolute atomic E-state index is 11.6. The third-order valence-corrected chi connectivity index (χ3v) is 2.38. The van der Waals surface area contributed by atoms with Gasteiger partial charge >= 0.3 is 5.97 Å². The van der Waals surface area contributed by atoms with E-state index >= 15 is 0 Å². The molecule has 1 amide bonds. The summed E-state index contributed by atoms with van der Waals surface area (Å²) in [4.78, 5) is 23.0. The van der Waals surface area contributed by atoms with Gasteiger partial charge in [0.25, 0.3) is 0 Å². The summed E-state index contributed by atoms with van der Waals surface area (Å²) in [6, 6.07) is -1.77. The van der Waals surface area contributed by atoms with Gasteiger partial charge in [0.1, 0.15) is 0 Å². The van der Waals surface area contributed by atoms with Gasteiger partial charge in [0.05, 0.1) is 19.3 Å². The summed E-state index contributed by atoms with van der Waals surface area (Å²) in [5.41, 5.74) is 11.0. The van der Waals surface area contributed by atoms with Gasteiger partial charge in [-0.25, -0.2) is 4.79 Å². The van der Waals surface area contributed by atoms with E-state index in [1.165, 1.54) is 0 Å². The number of esters is 1. The molecular weight excluding hydrogens is 309 g/mol. The summed E-state index contributed by atoms with van der Waals surface area (Å²) < 4.78 is 4.70. The SMILES string of the molecule is CCOC(=O)[C@H](CO)NC(=O)[C@@H](N)CCCCN.Cl.Cl. The summed E-state index contributed by atoms with van der Waals surface area (Å²) in [6.07, 6.45) is 2.03. The third-order valence-electron chi connectivity index (χ3n) is 2.38. The van der Waals surface area contributed by atoms with Crippen molar-refractivity contribution in [2.24, 2.45) is 11.5 Å². The molecule has 0 aliphatic heterocycles. The van der Waals surface area contributed by atoms with Gasteiger partial charge in [-0.15, -0.1) is 24.8 Å². The minimum Gasteiger partial charge on any atom is -0.464 e. The van der Waals surface area contributed by atoms with Crippen LogP contribution < -0.4 is 16.8 Å². The average Bonchev–Trinajstić information content (AvgIpc) is 2.35. The molecule has 0 bridgehead atoms. The molecule has 122 valence electrons. The van der Waals surface area contributed by atoms with Gasteiger partial charge in [0.2, 0.25) is 5.91 Å². The number of aliphatic hydroxyl groups is 1. The molecule has 0 saturated carbocycles. The van der Waals surface area contributed by atoms with Crippen molar-refractivity contribution in [1.29, 1.82) is 0 Å². The van der Waals surface area contributed by atoms with Crippen LogP contribution in [0.15, 0.2) is 0 Å². The zero-order valence-corrected chi connectivity index (χ0v) is 13.2. The standard InChI is InChI=1S/C11H23N3O4.2ClH/c1-2-18-11(17)9(7-15)14-10(16)8(13)5-3-4-6-12;;/h8-9,15H,2-7,12-13H2,1H3,(H,14,16);2*1H/t8-,9-;;/m0../s1. The lowest BCUT2D eigenvalue weighted by Gasteiger charge is -2.17. The molecule has 0 heterocycles. The molecule has 7 nitrogen and oxygen atoms in total. The molecule has 0 fully saturated rings. The van der Waals surface area contributed by atoms with Crippen LogP contribution in [0.1, 0.15) is 26.2 Å². The van der Waals surface area contributed by atoms with Gasteiger partial charge in [0, 0.05) is 0 Å². The topological polar surface area (TPSA) is 128 Å². The Kier molecular flexibility index (Phi) is 18.1. The van der Waals surface area contributed by atoms with Crippen LogP contribution in [0.3, 0.4) is 0 Å². The zero-order valence-electron chi connectivity index (χ0n) is 11.5. The molecule has 0 saturated heterocycles. The normalized spacial score (nSPS) is 12.4. The Morgan fingerprint density at radius 3 is 2.35 bits per heavy atom. The number of nitrogens with two attached hydrogens (primary N) is 2. The summed E-state index contributed by atoms with van der Waals surface area (Å²) in [5, 5.41) is 11.4. The summed E-state index contributed by atoms with van der Waals surface area (Å²) in [5.74, 6) is -1.14. The first kappa shape index (κ1) is 24.4. The molecular formula is C11H25Cl2N3O4. The van der Waals surface area contributed by atoms with Gasteiger partial charge in [-0.05, 0) is 26.3 Å². The molecule has 20 heavy (non-hydrogen) atoms. The quantitative estimate of drug-likeness (QED) is 0.327. The van der Waals surface area contributed by atoms with Crippen LogP contribution in [0, 0.1) is 0 Å². The Morgan fingerprint density at radius 2 is 1.90 bits per heavy atom. The molecule has 0 spiro atoms. The van der Waals surface area contributed by atoms with Crippen molar-refractivity contribution < 1.29 is 19.4 Å². The number of ether oxygens (including phenoxy) is 1. The second-order valence-corrected chi connectivity index (χ2v) is 3.89. The van der Waals surface area contributed by atoms with Crippen molar-refractivity contribution >= 4 is 36.7 Å². The molecule has 6 N–H and O–H groups in total. The lowest BCUT2D eigenvalue weighted by Crippen LogP contribution is -2.50. The van der Waals surface area contributed by atoms with Crippen LogP contribution in [0.4, 0.5) is 0 Å². The molecule has 0 unspecified atom stereocenters. The van der Waals surface area contributed by atoms with E-state index in [2.05, 4.69) is 5.32 Å². The molecule has 2 atom stereocenters. The lowest BCUT2D eigenvalue weighted by atomic mass is 10.1. The molecule has 0 aliphatic carbocycles. The zero-order chi connectivity index (χ0) is 14.0. The maximum atomic E-state index is 11.6. The second kappa shape index (κ2) is 14.8. The van der Waals surface area contributed by atoms with E-state index in [4.69, 9.17) is 21.3 Å². The van der Waals surface area contributed by atoms with Gasteiger partial charge in [-0.2, -0.15) is 0 Å². The van der Waals surface area contributed by atoms with Crippen LogP contribution in [0.2, 0.25) is 0 Å². The predicted octanol–water partition coefficient (Wildman–Crippen LogP) is -0.673. The maximum Gasteiger partial charge on any atom is 0.331 e. The molecule has 9 heteroatoms. The van der Waals surface area contributed by atoms with E-state index in [1.54, 1.807) is 6.92 Å². The number of amides is 1. The third kappa shape index (κ3) is 10.2. The predicted molar refractivity (Wildman–Crippen MR) is 81.0 cm³/mol. The number of carbonyl (C=O) groups excluding carboxylic acids is 2. The Bertz CT molecular complexity index is 270. The smallest absolute Gasteiger partial charge is 0.331 e. The van der Waals surface area contributed by atoms with E-state index in [-0.39, 0.29) is 31.4 Å². The number of halogens is 2. The fourth-order valence-electron chi connectivity index (χ4n) is 1.34. The number of hydrogen-bond acceptors (Lipinski definition) is 6. The minimum atomic E-state index is -1.06.